The zero-order valence-corrected chi connectivity index (χ0v) is 10.6. The molecule has 18 heavy (non-hydrogen) atoms. The van der Waals surface area contributed by atoms with Crippen molar-refractivity contribution in [3.05, 3.63) is 65.2 Å². The molecule has 0 amide bonds. The molecule has 1 nitrogen and oxygen atoms in total. The predicted octanol–water partition coefficient (Wildman–Crippen LogP) is 3.58. The second-order valence-electron chi connectivity index (χ2n) is 4.01. The Morgan fingerprint density at radius 1 is 1.00 bits per heavy atom. The van der Waals surface area contributed by atoms with Crippen LogP contribution in [0.1, 0.15) is 11.1 Å². The molecule has 4 heteroatoms. The number of hydrogen-bond donors (Lipinski definition) is 0. The molecule has 0 saturated carbocycles. The maximum absolute atomic E-state index is 13.1. The SMILES string of the molecule is Cc1ccc(F)cc1CS(=O)c1ccc(F)cc1. The average Bonchev–Trinajstić information content (AvgIpc) is 2.34. The first-order valence-corrected chi connectivity index (χ1v) is 6.77. The van der Waals surface area contributed by atoms with Crippen molar-refractivity contribution in [1.82, 2.24) is 0 Å². The maximum atomic E-state index is 13.1. The maximum Gasteiger partial charge on any atom is 0.123 e. The summed E-state index contributed by atoms with van der Waals surface area (Å²) in [6.45, 7) is 1.84. The summed E-state index contributed by atoms with van der Waals surface area (Å²) >= 11 is 0. The number of hydrogen-bond acceptors (Lipinski definition) is 1. The Bertz CT molecular complexity index is 579. The van der Waals surface area contributed by atoms with Gasteiger partial charge in [-0.15, -0.1) is 0 Å². The fraction of sp³-hybridized carbons (Fsp3) is 0.143. The Labute approximate surface area is 107 Å². The van der Waals surface area contributed by atoms with Gasteiger partial charge in [-0.25, -0.2) is 8.78 Å². The average molecular weight is 266 g/mol. The first-order valence-electron chi connectivity index (χ1n) is 5.45. The summed E-state index contributed by atoms with van der Waals surface area (Å²) in [7, 11) is -1.29. The minimum atomic E-state index is -1.29. The highest BCUT2D eigenvalue weighted by Crippen LogP contribution is 2.17. The van der Waals surface area contributed by atoms with Crippen LogP contribution in [0.2, 0.25) is 0 Å². The molecule has 0 bridgehead atoms. The van der Waals surface area contributed by atoms with E-state index in [1.165, 1.54) is 36.4 Å². The van der Waals surface area contributed by atoms with Crippen LogP contribution < -0.4 is 0 Å². The van der Waals surface area contributed by atoms with Gasteiger partial charge in [0.15, 0.2) is 0 Å². The molecule has 0 saturated heterocycles. The molecule has 0 fully saturated rings. The van der Waals surface area contributed by atoms with E-state index in [2.05, 4.69) is 0 Å². The van der Waals surface area contributed by atoms with Gasteiger partial charge in [0.2, 0.25) is 0 Å². The Kier molecular flexibility index (Phi) is 3.87. The molecule has 0 N–H and O–H groups in total. The Morgan fingerprint density at radius 2 is 1.61 bits per heavy atom. The van der Waals surface area contributed by atoms with Crippen molar-refractivity contribution in [2.45, 2.75) is 17.6 Å². The van der Waals surface area contributed by atoms with Crippen molar-refractivity contribution < 1.29 is 13.0 Å². The van der Waals surface area contributed by atoms with Crippen LogP contribution >= 0.6 is 0 Å². The number of aryl methyl sites for hydroxylation is 1. The molecule has 1 unspecified atom stereocenters. The number of halogens is 2. The van der Waals surface area contributed by atoms with Gasteiger partial charge in [0.1, 0.15) is 11.6 Å². The largest absolute Gasteiger partial charge is 0.254 e. The molecule has 0 aliphatic rings. The molecule has 0 radical (unpaired) electrons. The van der Waals surface area contributed by atoms with E-state index in [1.807, 2.05) is 6.92 Å². The molecular weight excluding hydrogens is 254 g/mol. The molecule has 94 valence electrons. The smallest absolute Gasteiger partial charge is 0.123 e. The third-order valence-electron chi connectivity index (χ3n) is 2.67. The minimum absolute atomic E-state index is 0.231. The van der Waals surface area contributed by atoms with Crippen molar-refractivity contribution in [1.29, 1.82) is 0 Å². The molecule has 0 heterocycles. The van der Waals surface area contributed by atoms with Gasteiger partial charge in [-0.2, -0.15) is 0 Å². The summed E-state index contributed by atoms with van der Waals surface area (Å²) in [5, 5.41) is 0. The van der Waals surface area contributed by atoms with Gasteiger partial charge >= 0.3 is 0 Å². The molecular formula is C14H12F2OS. The summed E-state index contributed by atoms with van der Waals surface area (Å²) in [6, 6.07) is 9.93. The molecule has 1 atom stereocenters. The van der Waals surface area contributed by atoms with Crippen molar-refractivity contribution in [3.8, 4) is 0 Å². The molecule has 2 aromatic rings. The van der Waals surface area contributed by atoms with Crippen molar-refractivity contribution >= 4 is 10.8 Å². The summed E-state index contributed by atoms with van der Waals surface area (Å²) in [6.07, 6.45) is 0. The lowest BCUT2D eigenvalue weighted by Crippen LogP contribution is -1.99. The van der Waals surface area contributed by atoms with Gasteiger partial charge in [-0.1, -0.05) is 6.07 Å². The molecule has 2 aromatic carbocycles. The third-order valence-corrected chi connectivity index (χ3v) is 4.05. The molecule has 2 rings (SSSR count). The van der Waals surface area contributed by atoms with Crippen molar-refractivity contribution in [2.75, 3.05) is 0 Å². The van der Waals surface area contributed by atoms with Crippen LogP contribution in [0.15, 0.2) is 47.4 Å². The molecule has 0 aromatic heterocycles. The van der Waals surface area contributed by atoms with Crippen LogP contribution in [0.25, 0.3) is 0 Å². The quantitative estimate of drug-likeness (QED) is 0.830. The van der Waals surface area contributed by atoms with E-state index in [9.17, 15) is 13.0 Å². The van der Waals surface area contributed by atoms with Crippen LogP contribution in [-0.2, 0) is 16.6 Å². The van der Waals surface area contributed by atoms with Gasteiger partial charge < -0.3 is 0 Å². The van der Waals surface area contributed by atoms with Crippen molar-refractivity contribution in [3.63, 3.8) is 0 Å². The zero-order chi connectivity index (χ0) is 13.1. The van der Waals surface area contributed by atoms with E-state index in [0.717, 1.165) is 5.56 Å². The number of benzene rings is 2. The van der Waals surface area contributed by atoms with E-state index in [-0.39, 0.29) is 17.4 Å². The Hall–Kier alpha value is -1.55. The summed E-state index contributed by atoms with van der Waals surface area (Å²) in [5.74, 6) is -0.473. The van der Waals surface area contributed by atoms with Crippen LogP contribution in [0.4, 0.5) is 8.78 Å². The van der Waals surface area contributed by atoms with Gasteiger partial charge in [-0.3, -0.25) is 4.21 Å². The van der Waals surface area contributed by atoms with Crippen LogP contribution in [0, 0.1) is 18.6 Å². The zero-order valence-electron chi connectivity index (χ0n) is 9.82. The topological polar surface area (TPSA) is 17.1 Å². The summed E-state index contributed by atoms with van der Waals surface area (Å²) in [5.41, 5.74) is 1.60. The molecule has 0 aliphatic carbocycles. The van der Waals surface area contributed by atoms with Gasteiger partial charge in [0.25, 0.3) is 0 Å². The van der Waals surface area contributed by atoms with E-state index in [0.29, 0.717) is 10.5 Å². The van der Waals surface area contributed by atoms with Gasteiger partial charge in [0, 0.05) is 4.90 Å². The lowest BCUT2D eigenvalue weighted by Gasteiger charge is -2.06. The van der Waals surface area contributed by atoms with E-state index in [4.69, 9.17) is 0 Å². The van der Waals surface area contributed by atoms with Crippen LogP contribution in [0.3, 0.4) is 0 Å². The lowest BCUT2D eigenvalue weighted by molar-refractivity contribution is 0.625. The van der Waals surface area contributed by atoms with Crippen molar-refractivity contribution in [2.24, 2.45) is 0 Å². The van der Waals surface area contributed by atoms with Gasteiger partial charge in [0.05, 0.1) is 16.6 Å². The summed E-state index contributed by atoms with van der Waals surface area (Å²) in [4.78, 5) is 0.542. The highest BCUT2D eigenvalue weighted by atomic mass is 32.2. The predicted molar refractivity (Wildman–Crippen MR) is 67.6 cm³/mol. The highest BCUT2D eigenvalue weighted by molar-refractivity contribution is 7.84. The first-order chi connectivity index (χ1) is 8.56. The standard InChI is InChI=1S/C14H12F2OS/c1-10-2-3-13(16)8-11(10)9-18(17)14-6-4-12(15)5-7-14/h2-8H,9H2,1H3. The molecule has 0 aliphatic heterocycles. The Balaban J connectivity index is 2.21. The second-order valence-corrected chi connectivity index (χ2v) is 5.47. The monoisotopic (exact) mass is 266 g/mol. The fourth-order valence-electron chi connectivity index (χ4n) is 1.61. The second kappa shape index (κ2) is 5.40. The van der Waals surface area contributed by atoms with E-state index in [1.54, 1.807) is 6.07 Å². The van der Waals surface area contributed by atoms with Crippen LogP contribution in [-0.4, -0.2) is 4.21 Å². The third kappa shape index (κ3) is 3.01. The van der Waals surface area contributed by atoms with Gasteiger partial charge in [-0.05, 0) is 54.4 Å². The van der Waals surface area contributed by atoms with E-state index < -0.39 is 10.8 Å². The first kappa shape index (κ1) is 12.9. The fourth-order valence-corrected chi connectivity index (χ4v) is 2.81. The Morgan fingerprint density at radius 3 is 2.28 bits per heavy atom. The lowest BCUT2D eigenvalue weighted by atomic mass is 10.1. The minimum Gasteiger partial charge on any atom is -0.254 e. The van der Waals surface area contributed by atoms with Crippen LogP contribution in [0.5, 0.6) is 0 Å². The van der Waals surface area contributed by atoms with E-state index >= 15 is 0 Å². The normalized spacial score (nSPS) is 12.4. The molecule has 0 spiro atoms. The number of rotatable bonds is 3. The highest BCUT2D eigenvalue weighted by Gasteiger charge is 2.08. The summed E-state index contributed by atoms with van der Waals surface area (Å²) < 4.78 is 37.9.